The predicted octanol–water partition coefficient (Wildman–Crippen LogP) is 3.46. The van der Waals surface area contributed by atoms with E-state index < -0.39 is 12.7 Å². The number of aliphatic hydroxyl groups is 2. The van der Waals surface area contributed by atoms with Crippen molar-refractivity contribution in [2.75, 3.05) is 29.1 Å². The maximum Gasteiger partial charge on any atom is 0.234 e. The van der Waals surface area contributed by atoms with Crippen LogP contribution in [-0.4, -0.2) is 55.7 Å². The summed E-state index contributed by atoms with van der Waals surface area (Å²) in [6, 6.07) is 7.51. The van der Waals surface area contributed by atoms with E-state index in [0.717, 1.165) is 5.56 Å². The fraction of sp³-hybridized carbons (Fsp3) is 0.381. The molecule has 2 aromatic heterocycles. The molecule has 0 saturated heterocycles. The van der Waals surface area contributed by atoms with Gasteiger partial charge in [0.2, 0.25) is 11.8 Å². The van der Waals surface area contributed by atoms with Gasteiger partial charge >= 0.3 is 0 Å². The molecule has 0 bridgehead atoms. The summed E-state index contributed by atoms with van der Waals surface area (Å²) in [5, 5.41) is 34.9. The highest BCUT2D eigenvalue weighted by molar-refractivity contribution is 6.35. The highest BCUT2D eigenvalue weighted by Crippen LogP contribution is 2.32. The molecule has 0 saturated carbocycles. The van der Waals surface area contributed by atoms with Gasteiger partial charge < -0.3 is 30.9 Å². The first-order chi connectivity index (χ1) is 15.7. The number of H-pyrrole nitrogens is 1. The average Bonchev–Trinajstić information content (AvgIpc) is 3.20. The second-order valence-corrected chi connectivity index (χ2v) is 7.98. The number of aliphatic hydroxyl groups excluding tert-OH is 2. The fourth-order valence-corrected chi connectivity index (χ4v) is 3.01. The molecular formula is C21H27ClFN7O3. The van der Waals surface area contributed by atoms with E-state index in [4.69, 9.17) is 21.4 Å². The first kappa shape index (κ1) is 24.5. The Morgan fingerprint density at radius 1 is 1.15 bits per heavy atom. The van der Waals surface area contributed by atoms with Crippen LogP contribution in [0, 0.1) is 5.82 Å². The quantitative estimate of drug-likeness (QED) is 0.244. The second kappa shape index (κ2) is 11.1. The van der Waals surface area contributed by atoms with Crippen LogP contribution in [0.2, 0.25) is 5.02 Å². The summed E-state index contributed by atoms with van der Waals surface area (Å²) >= 11 is 6.49. The molecule has 1 aromatic carbocycles. The van der Waals surface area contributed by atoms with Gasteiger partial charge in [-0.05, 0) is 38.5 Å². The van der Waals surface area contributed by atoms with Gasteiger partial charge in [0.25, 0.3) is 0 Å². The Hall–Kier alpha value is -3.15. The molecule has 10 nitrogen and oxygen atoms in total. The number of nitrogens with one attached hydrogen (secondary N) is 4. The van der Waals surface area contributed by atoms with Crippen molar-refractivity contribution in [1.29, 1.82) is 0 Å². The number of aromatic amines is 1. The minimum absolute atomic E-state index is 0.0239. The molecule has 2 heterocycles. The summed E-state index contributed by atoms with van der Waals surface area (Å²) in [5.74, 6) is 1.32. The van der Waals surface area contributed by atoms with E-state index in [0.29, 0.717) is 11.7 Å². The van der Waals surface area contributed by atoms with Crippen LogP contribution in [0.4, 0.5) is 27.8 Å². The van der Waals surface area contributed by atoms with Crippen molar-refractivity contribution in [2.24, 2.45) is 0 Å². The normalized spacial score (nSPS) is 13.0. The van der Waals surface area contributed by atoms with Crippen LogP contribution in [0.15, 0.2) is 30.3 Å². The number of benzene rings is 1. The molecule has 178 valence electrons. The minimum atomic E-state index is -0.995. The zero-order valence-electron chi connectivity index (χ0n) is 18.4. The van der Waals surface area contributed by atoms with Crippen molar-refractivity contribution in [1.82, 2.24) is 20.2 Å². The molecule has 0 aliphatic heterocycles. The fourth-order valence-electron chi connectivity index (χ4n) is 2.82. The van der Waals surface area contributed by atoms with Crippen molar-refractivity contribution in [3.05, 3.63) is 46.7 Å². The van der Waals surface area contributed by atoms with Crippen LogP contribution < -0.4 is 20.7 Å². The molecule has 0 fully saturated rings. The smallest absolute Gasteiger partial charge is 0.234 e. The lowest BCUT2D eigenvalue weighted by molar-refractivity contribution is 0.105. The number of hydrogen-bond donors (Lipinski definition) is 6. The molecule has 0 aliphatic rings. The molecule has 0 spiro atoms. The van der Waals surface area contributed by atoms with Gasteiger partial charge in [0, 0.05) is 12.6 Å². The molecule has 0 amide bonds. The zero-order chi connectivity index (χ0) is 24.0. The Morgan fingerprint density at radius 3 is 2.52 bits per heavy atom. The van der Waals surface area contributed by atoms with Crippen LogP contribution in [0.25, 0.3) is 0 Å². The van der Waals surface area contributed by atoms with Crippen molar-refractivity contribution in [3.63, 3.8) is 0 Å². The van der Waals surface area contributed by atoms with Gasteiger partial charge in [-0.25, -0.2) is 4.39 Å². The van der Waals surface area contributed by atoms with Gasteiger partial charge in [-0.15, -0.1) is 5.10 Å². The van der Waals surface area contributed by atoms with E-state index in [1.54, 1.807) is 18.2 Å². The Morgan fingerprint density at radius 2 is 1.85 bits per heavy atom. The van der Waals surface area contributed by atoms with E-state index in [2.05, 4.69) is 36.1 Å². The predicted molar refractivity (Wildman–Crippen MR) is 125 cm³/mol. The molecule has 2 atom stereocenters. The third-order valence-electron chi connectivity index (χ3n) is 4.45. The van der Waals surface area contributed by atoms with E-state index in [9.17, 15) is 9.50 Å². The van der Waals surface area contributed by atoms with Crippen molar-refractivity contribution < 1.29 is 19.3 Å². The van der Waals surface area contributed by atoms with Crippen LogP contribution in [0.1, 0.15) is 32.4 Å². The maximum atomic E-state index is 13.3. The largest absolute Gasteiger partial charge is 0.474 e. The topological polar surface area (TPSA) is 140 Å². The lowest BCUT2D eigenvalue weighted by atomic mass is 10.1. The summed E-state index contributed by atoms with van der Waals surface area (Å²) in [5.41, 5.74) is 0.832. The van der Waals surface area contributed by atoms with Gasteiger partial charge in [-0.3, -0.25) is 5.10 Å². The van der Waals surface area contributed by atoms with E-state index >= 15 is 0 Å². The van der Waals surface area contributed by atoms with E-state index in [1.165, 1.54) is 12.1 Å². The zero-order valence-corrected chi connectivity index (χ0v) is 19.2. The Bertz CT molecular complexity index is 1050. The standard InChI is InChI=1S/C21H27ClFN7O3/c1-11(2)33-17-8-16(29-30-17)26-20-18(22)19(24-9-15(32)10-31)27-21(28-20)25-12(3)13-4-6-14(23)7-5-13/h4-8,11-12,15,31-32H,9-10H2,1-3H3,(H4,24,25,26,27,28,29,30)/t12-,15+/m0/s1. The van der Waals surface area contributed by atoms with Crippen LogP contribution in [0.5, 0.6) is 5.88 Å². The van der Waals surface area contributed by atoms with Gasteiger partial charge in [0.05, 0.1) is 24.9 Å². The Labute approximate surface area is 195 Å². The number of rotatable bonds is 11. The molecule has 6 N–H and O–H groups in total. The number of ether oxygens (including phenoxy) is 1. The molecule has 3 rings (SSSR count). The summed E-state index contributed by atoms with van der Waals surface area (Å²) in [7, 11) is 0. The number of nitrogens with zero attached hydrogens (tertiary/aromatic N) is 3. The highest BCUT2D eigenvalue weighted by Gasteiger charge is 2.17. The summed E-state index contributed by atoms with van der Waals surface area (Å²) in [6.07, 6.45) is -1.04. The molecular weight excluding hydrogens is 453 g/mol. The number of anilines is 4. The first-order valence-electron chi connectivity index (χ1n) is 10.4. The lowest BCUT2D eigenvalue weighted by Gasteiger charge is -2.18. The average molecular weight is 480 g/mol. The monoisotopic (exact) mass is 479 g/mol. The second-order valence-electron chi connectivity index (χ2n) is 7.60. The molecule has 12 heteroatoms. The van der Waals surface area contributed by atoms with Crippen molar-refractivity contribution >= 4 is 35.0 Å². The number of aromatic nitrogens is 4. The molecule has 3 aromatic rings. The van der Waals surface area contributed by atoms with Crippen LogP contribution in [0.3, 0.4) is 0 Å². The van der Waals surface area contributed by atoms with Crippen LogP contribution >= 0.6 is 11.6 Å². The first-order valence-corrected chi connectivity index (χ1v) is 10.7. The third kappa shape index (κ3) is 6.91. The summed E-state index contributed by atoms with van der Waals surface area (Å²) < 4.78 is 18.8. The van der Waals surface area contributed by atoms with Crippen molar-refractivity contribution in [2.45, 2.75) is 39.0 Å². The Kier molecular flexibility index (Phi) is 8.26. The van der Waals surface area contributed by atoms with E-state index in [1.807, 2.05) is 20.8 Å². The SMILES string of the molecule is CC(C)Oc1cc(Nc2nc(N[C@@H](C)c3ccc(F)cc3)nc(NC[C@@H](O)CO)c2Cl)[nH]n1. The van der Waals surface area contributed by atoms with Gasteiger partial charge in [-0.2, -0.15) is 9.97 Å². The summed E-state index contributed by atoms with van der Waals surface area (Å²) in [4.78, 5) is 8.83. The third-order valence-corrected chi connectivity index (χ3v) is 4.80. The van der Waals surface area contributed by atoms with Crippen molar-refractivity contribution in [3.8, 4) is 5.88 Å². The molecule has 0 unspecified atom stereocenters. The number of hydrogen-bond acceptors (Lipinski definition) is 9. The molecule has 0 aliphatic carbocycles. The van der Waals surface area contributed by atoms with Gasteiger partial charge in [-0.1, -0.05) is 23.7 Å². The summed E-state index contributed by atoms with van der Waals surface area (Å²) in [6.45, 7) is 5.27. The van der Waals surface area contributed by atoms with Gasteiger partial charge in [0.1, 0.15) is 16.7 Å². The lowest BCUT2D eigenvalue weighted by Crippen LogP contribution is -2.24. The maximum absolute atomic E-state index is 13.3. The highest BCUT2D eigenvalue weighted by atomic mass is 35.5. The molecule has 0 radical (unpaired) electrons. The van der Waals surface area contributed by atoms with Gasteiger partial charge in [0.15, 0.2) is 11.6 Å². The van der Waals surface area contributed by atoms with E-state index in [-0.39, 0.29) is 47.1 Å². The minimum Gasteiger partial charge on any atom is -0.474 e. The Balaban J connectivity index is 1.86. The molecule has 33 heavy (non-hydrogen) atoms. The number of halogens is 2. The van der Waals surface area contributed by atoms with Crippen LogP contribution in [-0.2, 0) is 0 Å².